The molecule has 2 N–H and O–H groups in total. The van der Waals surface area contributed by atoms with E-state index >= 15 is 0 Å². The molecule has 0 aliphatic heterocycles. The lowest BCUT2D eigenvalue weighted by Gasteiger charge is -2.08. The second kappa shape index (κ2) is 5.88. The first kappa shape index (κ1) is 12.2. The molecule has 0 spiro atoms. The topological polar surface area (TPSA) is 58.3 Å². The minimum Gasteiger partial charge on any atom is -0.393 e. The van der Waals surface area contributed by atoms with Crippen LogP contribution in [-0.2, 0) is 6.54 Å². The zero-order valence-electron chi connectivity index (χ0n) is 9.71. The van der Waals surface area contributed by atoms with Crippen LogP contribution in [0.5, 0.6) is 0 Å². The van der Waals surface area contributed by atoms with E-state index in [0.717, 1.165) is 42.9 Å². The van der Waals surface area contributed by atoms with Crippen LogP contribution in [0.4, 0.5) is 0 Å². The standard InChI is InChI=1S/C11H20N2O2/c1-4-10(14)5-6-12-7-11-8(2)13-15-9(11)3/h10,12,14H,4-7H2,1-3H3. The van der Waals surface area contributed by atoms with Crippen LogP contribution in [-0.4, -0.2) is 22.9 Å². The van der Waals surface area contributed by atoms with Crippen molar-refractivity contribution >= 4 is 0 Å². The van der Waals surface area contributed by atoms with Crippen LogP contribution >= 0.6 is 0 Å². The Balaban J connectivity index is 2.26. The molecule has 0 aliphatic carbocycles. The predicted molar refractivity (Wildman–Crippen MR) is 58.6 cm³/mol. The van der Waals surface area contributed by atoms with Gasteiger partial charge in [0.25, 0.3) is 0 Å². The first-order valence-corrected chi connectivity index (χ1v) is 5.45. The largest absolute Gasteiger partial charge is 0.393 e. The van der Waals surface area contributed by atoms with Gasteiger partial charge < -0.3 is 14.9 Å². The van der Waals surface area contributed by atoms with Crippen LogP contribution in [0.15, 0.2) is 4.52 Å². The monoisotopic (exact) mass is 212 g/mol. The Kier molecular flexibility index (Phi) is 4.78. The second-order valence-electron chi connectivity index (χ2n) is 3.83. The van der Waals surface area contributed by atoms with Gasteiger partial charge in [0.15, 0.2) is 0 Å². The molecule has 1 heterocycles. The maximum atomic E-state index is 9.35. The van der Waals surface area contributed by atoms with Crippen LogP contribution in [0.3, 0.4) is 0 Å². The first-order chi connectivity index (χ1) is 7.15. The smallest absolute Gasteiger partial charge is 0.138 e. The summed E-state index contributed by atoms with van der Waals surface area (Å²) in [5, 5.41) is 16.5. The Labute approximate surface area is 90.7 Å². The SMILES string of the molecule is CCC(O)CCNCc1c(C)noc1C. The molecular formula is C11H20N2O2. The lowest BCUT2D eigenvalue weighted by Crippen LogP contribution is -2.20. The maximum Gasteiger partial charge on any atom is 0.138 e. The highest BCUT2D eigenvalue weighted by atomic mass is 16.5. The summed E-state index contributed by atoms with van der Waals surface area (Å²) >= 11 is 0. The second-order valence-corrected chi connectivity index (χ2v) is 3.83. The molecule has 86 valence electrons. The van der Waals surface area contributed by atoms with Crippen molar-refractivity contribution in [3.8, 4) is 0 Å². The van der Waals surface area contributed by atoms with Gasteiger partial charge in [0.05, 0.1) is 11.8 Å². The number of rotatable bonds is 6. The molecule has 1 aromatic rings. The van der Waals surface area contributed by atoms with E-state index in [1.54, 1.807) is 0 Å². The molecule has 1 atom stereocenters. The van der Waals surface area contributed by atoms with Crippen molar-refractivity contribution < 1.29 is 9.63 Å². The number of aliphatic hydroxyl groups excluding tert-OH is 1. The Morgan fingerprint density at radius 1 is 1.47 bits per heavy atom. The number of aryl methyl sites for hydroxylation is 2. The van der Waals surface area contributed by atoms with E-state index in [1.165, 1.54) is 0 Å². The third-order valence-electron chi connectivity index (χ3n) is 2.61. The average Bonchev–Trinajstić information content (AvgIpc) is 2.54. The summed E-state index contributed by atoms with van der Waals surface area (Å²) in [6.45, 7) is 7.42. The molecule has 0 amide bonds. The summed E-state index contributed by atoms with van der Waals surface area (Å²) in [6.07, 6.45) is 1.41. The van der Waals surface area contributed by atoms with Gasteiger partial charge in [0, 0.05) is 12.1 Å². The number of aliphatic hydroxyl groups is 1. The molecule has 0 saturated heterocycles. The highest BCUT2D eigenvalue weighted by Crippen LogP contribution is 2.11. The van der Waals surface area contributed by atoms with Crippen LogP contribution in [0, 0.1) is 13.8 Å². The van der Waals surface area contributed by atoms with Gasteiger partial charge in [-0.1, -0.05) is 12.1 Å². The van der Waals surface area contributed by atoms with E-state index in [0.29, 0.717) is 0 Å². The Morgan fingerprint density at radius 2 is 2.20 bits per heavy atom. The fourth-order valence-electron chi connectivity index (χ4n) is 1.44. The van der Waals surface area contributed by atoms with Gasteiger partial charge in [-0.05, 0) is 33.2 Å². The molecule has 0 bridgehead atoms. The minimum atomic E-state index is -0.192. The summed E-state index contributed by atoms with van der Waals surface area (Å²) in [5.74, 6) is 0.871. The van der Waals surface area contributed by atoms with Gasteiger partial charge >= 0.3 is 0 Å². The van der Waals surface area contributed by atoms with Crippen molar-refractivity contribution in [2.24, 2.45) is 0 Å². The van der Waals surface area contributed by atoms with E-state index in [2.05, 4.69) is 10.5 Å². The molecule has 1 unspecified atom stereocenters. The zero-order chi connectivity index (χ0) is 11.3. The van der Waals surface area contributed by atoms with Crippen LogP contribution in [0.25, 0.3) is 0 Å². The highest BCUT2D eigenvalue weighted by Gasteiger charge is 2.08. The van der Waals surface area contributed by atoms with Crippen LogP contribution < -0.4 is 5.32 Å². The third kappa shape index (κ3) is 3.64. The molecule has 4 heteroatoms. The zero-order valence-corrected chi connectivity index (χ0v) is 9.71. The predicted octanol–water partition coefficient (Wildman–Crippen LogP) is 1.54. The van der Waals surface area contributed by atoms with E-state index in [4.69, 9.17) is 4.52 Å². The highest BCUT2D eigenvalue weighted by molar-refractivity contribution is 5.20. The Hall–Kier alpha value is -0.870. The Bertz CT molecular complexity index is 277. The minimum absolute atomic E-state index is 0.192. The van der Waals surface area contributed by atoms with E-state index in [1.807, 2.05) is 20.8 Å². The summed E-state index contributed by atoms with van der Waals surface area (Å²) in [7, 11) is 0. The molecule has 0 aliphatic rings. The van der Waals surface area contributed by atoms with E-state index < -0.39 is 0 Å². The van der Waals surface area contributed by atoms with Crippen molar-refractivity contribution in [2.45, 2.75) is 46.3 Å². The van der Waals surface area contributed by atoms with Gasteiger partial charge in [-0.25, -0.2) is 0 Å². The quantitative estimate of drug-likeness (QED) is 0.702. The molecule has 0 saturated carbocycles. The van der Waals surface area contributed by atoms with Crippen molar-refractivity contribution in [2.75, 3.05) is 6.54 Å². The first-order valence-electron chi connectivity index (χ1n) is 5.45. The van der Waals surface area contributed by atoms with E-state index in [-0.39, 0.29) is 6.10 Å². The molecular weight excluding hydrogens is 192 g/mol. The number of aromatic nitrogens is 1. The van der Waals surface area contributed by atoms with Crippen molar-refractivity contribution in [1.82, 2.24) is 10.5 Å². The normalized spacial score (nSPS) is 13.1. The molecule has 0 radical (unpaired) electrons. The van der Waals surface area contributed by atoms with Crippen molar-refractivity contribution in [1.29, 1.82) is 0 Å². The fraction of sp³-hybridized carbons (Fsp3) is 0.727. The number of nitrogens with zero attached hydrogens (tertiary/aromatic N) is 1. The maximum absolute atomic E-state index is 9.35. The van der Waals surface area contributed by atoms with Crippen molar-refractivity contribution in [3.63, 3.8) is 0 Å². The summed E-state index contributed by atoms with van der Waals surface area (Å²) in [6, 6.07) is 0. The lowest BCUT2D eigenvalue weighted by atomic mass is 10.2. The van der Waals surface area contributed by atoms with E-state index in [9.17, 15) is 5.11 Å². The van der Waals surface area contributed by atoms with Gasteiger partial charge in [-0.3, -0.25) is 0 Å². The van der Waals surface area contributed by atoms with Crippen LogP contribution in [0.1, 0.15) is 36.8 Å². The Morgan fingerprint density at radius 3 is 2.73 bits per heavy atom. The molecule has 1 rings (SSSR count). The number of hydrogen-bond donors (Lipinski definition) is 2. The fourth-order valence-corrected chi connectivity index (χ4v) is 1.44. The van der Waals surface area contributed by atoms with Crippen LogP contribution in [0.2, 0.25) is 0 Å². The average molecular weight is 212 g/mol. The lowest BCUT2D eigenvalue weighted by molar-refractivity contribution is 0.159. The summed E-state index contributed by atoms with van der Waals surface area (Å²) in [5.41, 5.74) is 2.07. The molecule has 0 aromatic carbocycles. The molecule has 15 heavy (non-hydrogen) atoms. The van der Waals surface area contributed by atoms with Gasteiger partial charge in [-0.2, -0.15) is 0 Å². The molecule has 0 fully saturated rings. The van der Waals surface area contributed by atoms with Gasteiger partial charge in [-0.15, -0.1) is 0 Å². The summed E-state index contributed by atoms with van der Waals surface area (Å²) in [4.78, 5) is 0. The van der Waals surface area contributed by atoms with Gasteiger partial charge in [0.1, 0.15) is 5.76 Å². The third-order valence-corrected chi connectivity index (χ3v) is 2.61. The molecule has 1 aromatic heterocycles. The number of nitrogens with one attached hydrogen (secondary N) is 1. The molecule has 4 nitrogen and oxygen atoms in total. The van der Waals surface area contributed by atoms with Crippen molar-refractivity contribution in [3.05, 3.63) is 17.0 Å². The summed E-state index contributed by atoms with van der Waals surface area (Å²) < 4.78 is 5.06. The van der Waals surface area contributed by atoms with Gasteiger partial charge in [0.2, 0.25) is 0 Å². The number of hydrogen-bond acceptors (Lipinski definition) is 4.